The molecule has 9 heteroatoms. The highest BCUT2D eigenvalue weighted by Crippen LogP contribution is 2.35. The average molecular weight is 540 g/mol. The van der Waals surface area contributed by atoms with Crippen molar-refractivity contribution in [2.75, 3.05) is 27.2 Å². The smallest absolute Gasteiger partial charge is 0.193 e. The van der Waals surface area contributed by atoms with Gasteiger partial charge in [-0.15, -0.1) is 24.0 Å². The minimum Gasteiger partial charge on any atom is -0.493 e. The number of benzene rings is 1. The summed E-state index contributed by atoms with van der Waals surface area (Å²) in [5, 5.41) is 10.5. The number of aromatic nitrogens is 3. The second kappa shape index (κ2) is 11.5. The van der Waals surface area contributed by atoms with Crippen LogP contribution in [-0.4, -0.2) is 59.4 Å². The van der Waals surface area contributed by atoms with Crippen molar-refractivity contribution in [3.05, 3.63) is 35.9 Å². The van der Waals surface area contributed by atoms with E-state index in [-0.39, 0.29) is 30.1 Å². The Kier molecular flexibility index (Phi) is 8.79. The third-order valence-corrected chi connectivity index (χ3v) is 6.13. The maximum absolute atomic E-state index is 6.36. The standard InChI is InChI=1S/C22H32N6O2.HI/c1-23-22(28-12-10-16(11-13-28)21-25-15-26-27-21)24-14-17-6-5-9-19(29-2)20(17)30-18-7-3-4-8-18;/h5-6,9,15-16,18H,3-4,7-8,10-14H2,1-2H3,(H,23,24)(H,25,26,27);1H. The molecule has 1 saturated carbocycles. The predicted molar refractivity (Wildman–Crippen MR) is 131 cm³/mol. The lowest BCUT2D eigenvalue weighted by molar-refractivity contribution is 0.198. The molecule has 1 aliphatic carbocycles. The topological polar surface area (TPSA) is 87.7 Å². The van der Waals surface area contributed by atoms with Gasteiger partial charge < -0.3 is 19.7 Å². The Bertz CT molecular complexity index is 831. The van der Waals surface area contributed by atoms with Crippen LogP contribution in [0.1, 0.15) is 55.8 Å². The van der Waals surface area contributed by atoms with Crippen LogP contribution >= 0.6 is 24.0 Å². The normalized spacial score (nSPS) is 18.0. The zero-order chi connectivity index (χ0) is 20.8. The van der Waals surface area contributed by atoms with Crippen LogP contribution in [0.3, 0.4) is 0 Å². The van der Waals surface area contributed by atoms with Crippen molar-refractivity contribution in [3.8, 4) is 11.5 Å². The number of nitrogens with zero attached hydrogens (tertiary/aromatic N) is 4. The Morgan fingerprint density at radius 2 is 2.00 bits per heavy atom. The third kappa shape index (κ3) is 5.81. The summed E-state index contributed by atoms with van der Waals surface area (Å²) < 4.78 is 11.9. The van der Waals surface area contributed by atoms with Gasteiger partial charge in [0.1, 0.15) is 12.2 Å². The van der Waals surface area contributed by atoms with Crippen LogP contribution in [-0.2, 0) is 6.54 Å². The van der Waals surface area contributed by atoms with Gasteiger partial charge in [-0.3, -0.25) is 10.1 Å². The number of hydrogen-bond donors (Lipinski definition) is 2. The number of methoxy groups -OCH3 is 1. The van der Waals surface area contributed by atoms with E-state index in [0.717, 1.165) is 67.6 Å². The van der Waals surface area contributed by atoms with E-state index in [1.54, 1.807) is 13.4 Å². The zero-order valence-electron chi connectivity index (χ0n) is 18.3. The summed E-state index contributed by atoms with van der Waals surface area (Å²) in [7, 11) is 3.54. The van der Waals surface area contributed by atoms with Crippen molar-refractivity contribution in [3.63, 3.8) is 0 Å². The van der Waals surface area contributed by atoms with E-state index < -0.39 is 0 Å². The predicted octanol–water partition coefficient (Wildman–Crippen LogP) is 3.71. The largest absolute Gasteiger partial charge is 0.493 e. The van der Waals surface area contributed by atoms with Gasteiger partial charge in [0.05, 0.1) is 13.2 Å². The summed E-state index contributed by atoms with van der Waals surface area (Å²) in [6, 6.07) is 6.09. The van der Waals surface area contributed by atoms with Crippen LogP contribution in [0.4, 0.5) is 0 Å². The molecule has 2 aliphatic rings. The molecule has 8 nitrogen and oxygen atoms in total. The molecule has 0 radical (unpaired) electrons. The summed E-state index contributed by atoms with van der Waals surface area (Å²) in [4.78, 5) is 11.1. The first-order chi connectivity index (χ1) is 14.8. The fourth-order valence-corrected chi connectivity index (χ4v) is 4.45. The highest BCUT2D eigenvalue weighted by atomic mass is 127. The number of halogens is 1. The molecule has 0 unspecified atom stereocenters. The maximum Gasteiger partial charge on any atom is 0.193 e. The lowest BCUT2D eigenvalue weighted by atomic mass is 9.96. The van der Waals surface area contributed by atoms with Crippen molar-refractivity contribution >= 4 is 29.9 Å². The molecule has 0 spiro atoms. The molecule has 2 aromatic rings. The zero-order valence-corrected chi connectivity index (χ0v) is 20.7. The van der Waals surface area contributed by atoms with E-state index in [1.165, 1.54) is 12.8 Å². The highest BCUT2D eigenvalue weighted by molar-refractivity contribution is 14.0. The molecule has 170 valence electrons. The third-order valence-electron chi connectivity index (χ3n) is 6.13. The Morgan fingerprint density at radius 1 is 1.23 bits per heavy atom. The lowest BCUT2D eigenvalue weighted by Gasteiger charge is -2.33. The van der Waals surface area contributed by atoms with E-state index in [4.69, 9.17) is 9.47 Å². The Morgan fingerprint density at radius 3 is 2.65 bits per heavy atom. The first-order valence-corrected chi connectivity index (χ1v) is 10.9. The molecule has 1 aliphatic heterocycles. The van der Waals surface area contributed by atoms with Gasteiger partial charge in [-0.05, 0) is 44.6 Å². The molecule has 31 heavy (non-hydrogen) atoms. The second-order valence-electron chi connectivity index (χ2n) is 8.01. The number of nitrogens with one attached hydrogen (secondary N) is 2. The summed E-state index contributed by atoms with van der Waals surface area (Å²) >= 11 is 0. The molecule has 1 aromatic heterocycles. The van der Waals surface area contributed by atoms with Gasteiger partial charge in [-0.2, -0.15) is 5.10 Å². The van der Waals surface area contributed by atoms with E-state index in [9.17, 15) is 0 Å². The highest BCUT2D eigenvalue weighted by Gasteiger charge is 2.25. The molecule has 0 atom stereocenters. The van der Waals surface area contributed by atoms with E-state index in [2.05, 4.69) is 36.5 Å². The summed E-state index contributed by atoms with van der Waals surface area (Å²) in [5.74, 6) is 4.00. The lowest BCUT2D eigenvalue weighted by Crippen LogP contribution is -2.45. The Labute approximate surface area is 201 Å². The molecule has 2 heterocycles. The van der Waals surface area contributed by atoms with Crippen molar-refractivity contribution in [2.24, 2.45) is 4.99 Å². The fraction of sp³-hybridized carbons (Fsp3) is 0.591. The number of likely N-dealkylation sites (tertiary alicyclic amines) is 1. The number of para-hydroxylation sites is 1. The van der Waals surface area contributed by atoms with Gasteiger partial charge in [-0.25, -0.2) is 4.98 Å². The van der Waals surface area contributed by atoms with Crippen LogP contribution in [0, 0.1) is 0 Å². The van der Waals surface area contributed by atoms with Gasteiger partial charge in [0, 0.05) is 38.2 Å². The first-order valence-electron chi connectivity index (χ1n) is 10.9. The van der Waals surface area contributed by atoms with Gasteiger partial charge in [0.25, 0.3) is 0 Å². The minimum absolute atomic E-state index is 0. The first kappa shape index (κ1) is 23.6. The molecule has 0 amide bonds. The van der Waals surface area contributed by atoms with Gasteiger partial charge >= 0.3 is 0 Å². The van der Waals surface area contributed by atoms with Crippen molar-refractivity contribution in [1.29, 1.82) is 0 Å². The number of rotatable bonds is 6. The molecule has 0 bridgehead atoms. The molecule has 2 N–H and O–H groups in total. The number of hydrogen-bond acceptors (Lipinski definition) is 5. The SMILES string of the molecule is CN=C(NCc1cccc(OC)c1OC1CCCC1)N1CCC(c2ncn[nH]2)CC1.I. The Balaban J connectivity index is 0.00000272. The van der Waals surface area contributed by atoms with E-state index in [1.807, 2.05) is 19.2 Å². The summed E-state index contributed by atoms with van der Waals surface area (Å²) in [6.45, 7) is 2.52. The number of guanidine groups is 1. The number of piperidine rings is 1. The quantitative estimate of drug-likeness (QED) is 0.330. The van der Waals surface area contributed by atoms with Crippen LogP contribution in [0.15, 0.2) is 29.5 Å². The van der Waals surface area contributed by atoms with E-state index in [0.29, 0.717) is 12.5 Å². The number of H-pyrrole nitrogens is 1. The number of ether oxygens (including phenoxy) is 2. The molecule has 2 fully saturated rings. The fourth-order valence-electron chi connectivity index (χ4n) is 4.45. The van der Waals surface area contributed by atoms with Gasteiger partial charge in [0.15, 0.2) is 17.5 Å². The molecular formula is C22H33IN6O2. The van der Waals surface area contributed by atoms with Crippen molar-refractivity contribution in [1.82, 2.24) is 25.4 Å². The minimum atomic E-state index is 0. The number of aromatic amines is 1. The number of aliphatic imine (C=N–C) groups is 1. The van der Waals surface area contributed by atoms with Gasteiger partial charge in [-0.1, -0.05) is 12.1 Å². The average Bonchev–Trinajstić information content (AvgIpc) is 3.50. The summed E-state index contributed by atoms with van der Waals surface area (Å²) in [6.07, 6.45) is 8.65. The molecule has 1 aromatic carbocycles. The maximum atomic E-state index is 6.36. The van der Waals surface area contributed by atoms with Crippen molar-refractivity contribution < 1.29 is 9.47 Å². The van der Waals surface area contributed by atoms with Crippen LogP contribution < -0.4 is 14.8 Å². The van der Waals surface area contributed by atoms with Crippen LogP contribution in [0.2, 0.25) is 0 Å². The van der Waals surface area contributed by atoms with E-state index >= 15 is 0 Å². The molecule has 1 saturated heterocycles. The van der Waals surface area contributed by atoms with Crippen LogP contribution in [0.5, 0.6) is 11.5 Å². The second-order valence-corrected chi connectivity index (χ2v) is 8.01. The van der Waals surface area contributed by atoms with Gasteiger partial charge in [0.2, 0.25) is 0 Å². The van der Waals surface area contributed by atoms with Crippen LogP contribution in [0.25, 0.3) is 0 Å². The van der Waals surface area contributed by atoms with Crippen molar-refractivity contribution in [2.45, 2.75) is 57.1 Å². The Hall–Kier alpha value is -2.04. The monoisotopic (exact) mass is 540 g/mol. The molecular weight excluding hydrogens is 507 g/mol. The summed E-state index contributed by atoms with van der Waals surface area (Å²) in [5.41, 5.74) is 1.10. The molecule has 4 rings (SSSR count).